The van der Waals surface area contributed by atoms with Gasteiger partial charge in [0, 0.05) is 16.8 Å². The molecule has 1 aliphatic rings. The molecule has 0 aliphatic carbocycles. The molecule has 0 saturated carbocycles. The number of fused-ring (bicyclic) bond motifs is 1. The average Bonchev–Trinajstić information content (AvgIpc) is 3.09. The molecule has 4 N–H and O–H groups in total. The predicted octanol–water partition coefficient (Wildman–Crippen LogP) is 9.13. The van der Waals surface area contributed by atoms with Gasteiger partial charge < -0.3 is 11.1 Å². The van der Waals surface area contributed by atoms with E-state index in [0.29, 0.717) is 0 Å². The lowest BCUT2D eigenvalue weighted by atomic mass is 9.91. The monoisotopic (exact) mass is 570 g/mol. The van der Waals surface area contributed by atoms with Gasteiger partial charge in [0.05, 0.1) is 0 Å². The summed E-state index contributed by atoms with van der Waals surface area (Å²) < 4.78 is 0. The van der Waals surface area contributed by atoms with E-state index in [1.807, 2.05) is 25.1 Å². The number of hydrogen-bond acceptors (Lipinski definition) is 4. The molecule has 214 valence electrons. The van der Waals surface area contributed by atoms with E-state index in [4.69, 9.17) is 10.7 Å². The fourth-order valence-electron chi connectivity index (χ4n) is 6.11. The van der Waals surface area contributed by atoms with Crippen molar-refractivity contribution < 1.29 is 0 Å². The number of anilines is 1. The van der Waals surface area contributed by atoms with Gasteiger partial charge in [0.2, 0.25) is 0 Å². The molecule has 2 unspecified atom stereocenters. The summed E-state index contributed by atoms with van der Waals surface area (Å²) in [5.74, 6) is 0.875. The molecule has 0 aromatic heterocycles. The van der Waals surface area contributed by atoms with Crippen molar-refractivity contribution in [3.05, 3.63) is 168 Å². The molecule has 0 radical (unpaired) electrons. The van der Waals surface area contributed by atoms with Crippen molar-refractivity contribution in [2.45, 2.75) is 19.3 Å². The summed E-state index contributed by atoms with van der Waals surface area (Å²) in [6, 6.07) is 48.8. The SMILES string of the molecule is C/C=C\c1cccc(-c2ccc(-c3cccc4cccc(C5NC(c6ccccc6)=NC(c6ccccc6)N5)c34)cc2)c1N. The van der Waals surface area contributed by atoms with Crippen LogP contribution < -0.4 is 16.4 Å². The van der Waals surface area contributed by atoms with E-state index in [9.17, 15) is 0 Å². The number of hydrogen-bond donors (Lipinski definition) is 3. The Bertz CT molecular complexity index is 1970. The highest BCUT2D eigenvalue weighted by atomic mass is 15.3. The summed E-state index contributed by atoms with van der Waals surface area (Å²) in [6.07, 6.45) is 3.71. The minimum Gasteiger partial charge on any atom is -0.398 e. The quantitative estimate of drug-likeness (QED) is 0.175. The van der Waals surface area contributed by atoms with E-state index in [1.54, 1.807) is 0 Å². The summed E-state index contributed by atoms with van der Waals surface area (Å²) in [5, 5.41) is 9.92. The zero-order valence-electron chi connectivity index (χ0n) is 24.6. The maximum atomic E-state index is 6.56. The Labute approximate surface area is 258 Å². The molecule has 0 saturated heterocycles. The number of benzene rings is 6. The van der Waals surface area contributed by atoms with Gasteiger partial charge in [0.25, 0.3) is 0 Å². The molecular formula is C40H34N4. The molecular weight excluding hydrogens is 536 g/mol. The summed E-state index contributed by atoms with van der Waals surface area (Å²) in [6.45, 7) is 2.01. The Morgan fingerprint density at radius 2 is 1.27 bits per heavy atom. The van der Waals surface area contributed by atoms with Crippen molar-refractivity contribution in [3.63, 3.8) is 0 Å². The van der Waals surface area contributed by atoms with Crippen LogP contribution in [0.1, 0.15) is 41.5 Å². The second-order valence-electron chi connectivity index (χ2n) is 11.0. The summed E-state index contributed by atoms with van der Waals surface area (Å²) in [4.78, 5) is 5.10. The maximum absolute atomic E-state index is 6.56. The maximum Gasteiger partial charge on any atom is 0.131 e. The third-order valence-corrected chi connectivity index (χ3v) is 8.27. The molecule has 6 aromatic rings. The number of nitrogens with two attached hydrogens (primary N) is 1. The van der Waals surface area contributed by atoms with Crippen molar-refractivity contribution in [2.24, 2.45) is 4.99 Å². The lowest BCUT2D eigenvalue weighted by Crippen LogP contribution is -2.45. The Morgan fingerprint density at radius 3 is 2.00 bits per heavy atom. The molecule has 0 fully saturated rings. The normalized spacial score (nSPS) is 16.5. The molecule has 44 heavy (non-hydrogen) atoms. The van der Waals surface area contributed by atoms with Gasteiger partial charge in [-0.1, -0.05) is 152 Å². The van der Waals surface area contributed by atoms with Crippen LogP contribution in [0.5, 0.6) is 0 Å². The van der Waals surface area contributed by atoms with Crippen molar-refractivity contribution in [2.75, 3.05) is 5.73 Å². The highest BCUT2D eigenvalue weighted by molar-refractivity contribution is 6.02. The van der Waals surface area contributed by atoms with Gasteiger partial charge in [-0.05, 0) is 51.1 Å². The molecule has 4 heteroatoms. The first kappa shape index (κ1) is 27.4. The van der Waals surface area contributed by atoms with Crippen LogP contribution in [0.25, 0.3) is 39.1 Å². The van der Waals surface area contributed by atoms with Crippen molar-refractivity contribution >= 4 is 28.4 Å². The first-order valence-electron chi connectivity index (χ1n) is 15.0. The van der Waals surface area contributed by atoms with Crippen molar-refractivity contribution in [1.82, 2.24) is 10.6 Å². The fourth-order valence-corrected chi connectivity index (χ4v) is 6.11. The van der Waals surface area contributed by atoms with Crippen LogP contribution in [0.15, 0.2) is 151 Å². The van der Waals surface area contributed by atoms with Crippen LogP contribution in [-0.2, 0) is 0 Å². The van der Waals surface area contributed by atoms with Crippen LogP contribution in [-0.4, -0.2) is 5.84 Å². The first-order chi connectivity index (χ1) is 21.7. The summed E-state index contributed by atoms with van der Waals surface area (Å²) in [5.41, 5.74) is 16.2. The topological polar surface area (TPSA) is 62.4 Å². The minimum atomic E-state index is -0.192. The third-order valence-electron chi connectivity index (χ3n) is 8.27. The van der Waals surface area contributed by atoms with Crippen LogP contribution in [0, 0.1) is 0 Å². The third kappa shape index (κ3) is 5.28. The average molecular weight is 571 g/mol. The molecule has 1 heterocycles. The van der Waals surface area contributed by atoms with Crippen molar-refractivity contribution in [1.29, 1.82) is 0 Å². The second-order valence-corrected chi connectivity index (χ2v) is 11.0. The van der Waals surface area contributed by atoms with Crippen LogP contribution >= 0.6 is 0 Å². The molecule has 0 bridgehead atoms. The lowest BCUT2D eigenvalue weighted by molar-refractivity contribution is 0.411. The molecule has 0 spiro atoms. The Balaban J connectivity index is 1.31. The van der Waals surface area contributed by atoms with Gasteiger partial charge in [-0.2, -0.15) is 0 Å². The second kappa shape index (κ2) is 12.0. The van der Waals surface area contributed by atoms with Crippen LogP contribution in [0.3, 0.4) is 0 Å². The zero-order chi connectivity index (χ0) is 29.9. The predicted molar refractivity (Wildman–Crippen MR) is 185 cm³/mol. The van der Waals surface area contributed by atoms with Gasteiger partial charge in [-0.15, -0.1) is 0 Å². The summed E-state index contributed by atoms with van der Waals surface area (Å²) in [7, 11) is 0. The molecule has 2 atom stereocenters. The van der Waals surface area contributed by atoms with Gasteiger partial charge in [-0.25, -0.2) is 4.99 Å². The molecule has 1 aliphatic heterocycles. The Hall–Kier alpha value is -5.45. The van der Waals surface area contributed by atoms with Gasteiger partial charge in [0.15, 0.2) is 0 Å². The lowest BCUT2D eigenvalue weighted by Gasteiger charge is -2.33. The first-order valence-corrected chi connectivity index (χ1v) is 15.0. The van der Waals surface area contributed by atoms with E-state index in [2.05, 4.69) is 144 Å². The molecule has 7 rings (SSSR count). The van der Waals surface area contributed by atoms with Crippen LogP contribution in [0.4, 0.5) is 5.69 Å². The highest BCUT2D eigenvalue weighted by Crippen LogP contribution is 2.37. The highest BCUT2D eigenvalue weighted by Gasteiger charge is 2.27. The fraction of sp³-hybridized carbons (Fsp3) is 0.0750. The van der Waals surface area contributed by atoms with E-state index in [-0.39, 0.29) is 12.3 Å². The summed E-state index contributed by atoms with van der Waals surface area (Å²) >= 11 is 0. The van der Waals surface area contributed by atoms with Crippen molar-refractivity contribution in [3.8, 4) is 22.3 Å². The number of rotatable bonds is 6. The van der Waals surface area contributed by atoms with E-state index >= 15 is 0 Å². The number of nitrogens with zero attached hydrogens (tertiary/aromatic N) is 1. The number of aliphatic imine (C=N–C) groups is 1. The van der Waals surface area contributed by atoms with E-state index in [1.165, 1.54) is 21.9 Å². The molecule has 4 nitrogen and oxygen atoms in total. The largest absolute Gasteiger partial charge is 0.398 e. The standard InChI is InChI=1S/C40H34N4/c1-2-12-30-19-11-21-34(37(30)41)28-25-23-27(24-26-28)33-20-9-17-29-18-10-22-35(36(29)33)40-43-38(31-13-5-3-6-14-31)42-39(44-40)32-15-7-4-8-16-32/h2-26,38,40,43H,41H2,1H3,(H,42,44)/b12-2-. The number of allylic oxidation sites excluding steroid dienone is 1. The number of nitrogens with one attached hydrogen (secondary N) is 2. The minimum absolute atomic E-state index is 0.161. The number of nitrogen functional groups attached to an aromatic ring is 1. The smallest absolute Gasteiger partial charge is 0.131 e. The molecule has 6 aromatic carbocycles. The molecule has 0 amide bonds. The Kier molecular flexibility index (Phi) is 7.49. The van der Waals surface area contributed by atoms with E-state index < -0.39 is 0 Å². The Morgan fingerprint density at radius 1 is 0.636 bits per heavy atom. The van der Waals surface area contributed by atoms with Gasteiger partial charge in [0.1, 0.15) is 18.2 Å². The number of amidine groups is 1. The van der Waals surface area contributed by atoms with Gasteiger partial charge >= 0.3 is 0 Å². The van der Waals surface area contributed by atoms with E-state index in [0.717, 1.165) is 44.9 Å². The van der Waals surface area contributed by atoms with Crippen LogP contribution in [0.2, 0.25) is 0 Å². The zero-order valence-corrected chi connectivity index (χ0v) is 24.6. The van der Waals surface area contributed by atoms with Gasteiger partial charge in [-0.3, -0.25) is 5.32 Å². The number of para-hydroxylation sites is 1.